The number of likely N-dealkylation sites (tertiary alicyclic amines) is 2. The second-order valence-electron chi connectivity index (χ2n) is 6.02. The lowest BCUT2D eigenvalue weighted by atomic mass is 9.98. The fourth-order valence-electron chi connectivity index (χ4n) is 3.38. The Morgan fingerprint density at radius 1 is 1.16 bits per heavy atom. The van der Waals surface area contributed by atoms with Crippen LogP contribution < -0.4 is 0 Å². The minimum atomic E-state index is -0.765. The molecule has 2 rings (SSSR count). The maximum atomic E-state index is 12.6. The van der Waals surface area contributed by atoms with Gasteiger partial charge in [-0.25, -0.2) is 4.79 Å². The molecule has 2 fully saturated rings. The monoisotopic (exact) mass is 268 g/mol. The Labute approximate surface area is 114 Å². The average molecular weight is 268 g/mol. The number of carbonyl (C=O) groups excluding carboxylic acids is 1. The zero-order valence-corrected chi connectivity index (χ0v) is 11.8. The summed E-state index contributed by atoms with van der Waals surface area (Å²) in [6, 6.07) is 0.706. The predicted octanol–water partition coefficient (Wildman–Crippen LogP) is 2.17. The zero-order valence-electron chi connectivity index (χ0n) is 11.8. The van der Waals surface area contributed by atoms with Crippen molar-refractivity contribution in [2.24, 2.45) is 5.92 Å². The number of nitrogens with zero attached hydrogens (tertiary/aromatic N) is 2. The molecule has 3 atom stereocenters. The van der Waals surface area contributed by atoms with Crippen LogP contribution in [-0.4, -0.2) is 52.1 Å². The van der Waals surface area contributed by atoms with Gasteiger partial charge in [-0.2, -0.15) is 0 Å². The quantitative estimate of drug-likeness (QED) is 0.835. The summed E-state index contributed by atoms with van der Waals surface area (Å²) in [4.78, 5) is 27.1. The van der Waals surface area contributed by atoms with Gasteiger partial charge in [-0.1, -0.05) is 0 Å². The largest absolute Gasteiger partial charge is 0.481 e. The van der Waals surface area contributed by atoms with Crippen molar-refractivity contribution in [3.63, 3.8) is 0 Å². The lowest BCUT2D eigenvalue weighted by Crippen LogP contribution is -2.52. The predicted molar refractivity (Wildman–Crippen MR) is 71.9 cm³/mol. The number of urea groups is 1. The maximum Gasteiger partial charge on any atom is 0.320 e. The summed E-state index contributed by atoms with van der Waals surface area (Å²) in [5, 5.41) is 8.82. The first-order chi connectivity index (χ1) is 8.99. The number of rotatable bonds is 2. The number of hydrogen-bond donors (Lipinski definition) is 1. The number of piperidine rings is 1. The minimum Gasteiger partial charge on any atom is -0.481 e. The van der Waals surface area contributed by atoms with Crippen molar-refractivity contribution >= 4 is 12.0 Å². The first-order valence-corrected chi connectivity index (χ1v) is 7.28. The second-order valence-corrected chi connectivity index (χ2v) is 6.02. The first-order valence-electron chi connectivity index (χ1n) is 7.28. The lowest BCUT2D eigenvalue weighted by molar-refractivity contribution is -0.138. The zero-order chi connectivity index (χ0) is 14.0. The van der Waals surface area contributed by atoms with Gasteiger partial charge in [0.1, 0.15) is 0 Å². The molecule has 1 N–H and O–H groups in total. The van der Waals surface area contributed by atoms with Gasteiger partial charge in [0.05, 0.1) is 0 Å². The summed E-state index contributed by atoms with van der Waals surface area (Å²) in [5.41, 5.74) is 0. The molecule has 0 bridgehead atoms. The summed E-state index contributed by atoms with van der Waals surface area (Å²) in [6.45, 7) is 5.52. The van der Waals surface area contributed by atoms with Crippen molar-refractivity contribution in [1.29, 1.82) is 0 Å². The van der Waals surface area contributed by atoms with Crippen LogP contribution in [0, 0.1) is 5.92 Å². The first kappa shape index (κ1) is 14.2. The number of hydrogen-bond acceptors (Lipinski definition) is 2. The molecular formula is C14H24N2O3. The van der Waals surface area contributed by atoms with E-state index in [1.807, 2.05) is 9.80 Å². The normalized spacial score (nSPS) is 31.6. The third kappa shape index (κ3) is 3.19. The van der Waals surface area contributed by atoms with E-state index in [0.717, 1.165) is 19.3 Å². The van der Waals surface area contributed by atoms with Gasteiger partial charge in [0.25, 0.3) is 0 Å². The Bertz CT molecular complexity index is 349. The van der Waals surface area contributed by atoms with E-state index >= 15 is 0 Å². The Kier molecular flexibility index (Phi) is 4.32. The van der Waals surface area contributed by atoms with Crippen molar-refractivity contribution in [3.8, 4) is 0 Å². The van der Waals surface area contributed by atoms with E-state index in [1.54, 1.807) is 0 Å². The summed E-state index contributed by atoms with van der Waals surface area (Å²) in [6.07, 6.45) is 4.32. The number of carboxylic acids is 1. The van der Waals surface area contributed by atoms with Crippen LogP contribution in [0.25, 0.3) is 0 Å². The molecule has 2 aliphatic rings. The average Bonchev–Trinajstić information content (AvgIpc) is 2.76. The highest BCUT2D eigenvalue weighted by Crippen LogP contribution is 2.27. The molecule has 2 saturated heterocycles. The second kappa shape index (κ2) is 5.80. The van der Waals surface area contributed by atoms with Gasteiger partial charge in [-0.05, 0) is 45.4 Å². The standard InChI is InChI=1S/C14H24N2O3/c1-10-4-3-5-11(2)16(10)14(19)15-7-6-12(9-15)8-13(17)18/h10-12H,3-9H2,1-2H3,(H,17,18)/t10-,11+,12?. The third-order valence-electron chi connectivity index (χ3n) is 4.43. The van der Waals surface area contributed by atoms with E-state index in [1.165, 1.54) is 6.42 Å². The van der Waals surface area contributed by atoms with Gasteiger partial charge >= 0.3 is 12.0 Å². The highest BCUT2D eigenvalue weighted by molar-refractivity contribution is 5.76. The van der Waals surface area contributed by atoms with Crippen LogP contribution in [0.15, 0.2) is 0 Å². The highest BCUT2D eigenvalue weighted by atomic mass is 16.4. The molecule has 0 radical (unpaired) electrons. The summed E-state index contributed by atoms with van der Waals surface area (Å²) >= 11 is 0. The summed E-state index contributed by atoms with van der Waals surface area (Å²) < 4.78 is 0. The highest BCUT2D eigenvalue weighted by Gasteiger charge is 2.35. The summed E-state index contributed by atoms with van der Waals surface area (Å²) in [7, 11) is 0. The number of aliphatic carboxylic acids is 1. The number of carboxylic acid groups (broad SMARTS) is 1. The Morgan fingerprint density at radius 2 is 1.79 bits per heavy atom. The van der Waals surface area contributed by atoms with Crippen LogP contribution >= 0.6 is 0 Å². The van der Waals surface area contributed by atoms with Gasteiger partial charge in [-0.3, -0.25) is 4.79 Å². The topological polar surface area (TPSA) is 60.9 Å². The van der Waals surface area contributed by atoms with Crippen molar-refractivity contribution < 1.29 is 14.7 Å². The Hall–Kier alpha value is -1.26. The van der Waals surface area contributed by atoms with Crippen LogP contribution in [0.5, 0.6) is 0 Å². The van der Waals surface area contributed by atoms with Crippen LogP contribution in [0.4, 0.5) is 4.79 Å². The minimum absolute atomic E-state index is 0.104. The van der Waals surface area contributed by atoms with Crippen molar-refractivity contribution in [1.82, 2.24) is 9.80 Å². The molecule has 0 spiro atoms. The van der Waals surface area contributed by atoms with E-state index in [2.05, 4.69) is 13.8 Å². The molecule has 0 aromatic rings. The van der Waals surface area contributed by atoms with E-state index in [9.17, 15) is 9.59 Å². The third-order valence-corrected chi connectivity index (χ3v) is 4.43. The molecule has 1 unspecified atom stereocenters. The van der Waals surface area contributed by atoms with E-state index < -0.39 is 5.97 Å². The summed E-state index contributed by atoms with van der Waals surface area (Å²) in [5.74, 6) is -0.643. The molecule has 0 saturated carbocycles. The molecule has 2 amide bonds. The van der Waals surface area contributed by atoms with E-state index in [-0.39, 0.29) is 18.4 Å². The fraction of sp³-hybridized carbons (Fsp3) is 0.857. The van der Waals surface area contributed by atoms with Crippen LogP contribution in [0.2, 0.25) is 0 Å². The number of amides is 2. The molecular weight excluding hydrogens is 244 g/mol. The maximum absolute atomic E-state index is 12.6. The SMILES string of the molecule is C[C@@H]1CCC[C@H](C)N1C(=O)N1CCC(CC(=O)O)C1. The molecule has 19 heavy (non-hydrogen) atoms. The lowest BCUT2D eigenvalue weighted by Gasteiger charge is -2.41. The molecule has 2 aliphatic heterocycles. The molecule has 0 aromatic heterocycles. The Morgan fingerprint density at radius 3 is 2.37 bits per heavy atom. The van der Waals surface area contributed by atoms with Crippen LogP contribution in [-0.2, 0) is 4.79 Å². The molecule has 5 heteroatoms. The Balaban J connectivity index is 1.94. The van der Waals surface area contributed by atoms with Crippen molar-refractivity contribution in [3.05, 3.63) is 0 Å². The van der Waals surface area contributed by atoms with Gasteiger partial charge in [0.15, 0.2) is 0 Å². The molecule has 108 valence electrons. The molecule has 5 nitrogen and oxygen atoms in total. The van der Waals surface area contributed by atoms with Gasteiger partial charge < -0.3 is 14.9 Å². The van der Waals surface area contributed by atoms with E-state index in [0.29, 0.717) is 25.2 Å². The molecule has 0 aromatic carbocycles. The smallest absolute Gasteiger partial charge is 0.320 e. The van der Waals surface area contributed by atoms with Crippen LogP contribution in [0.3, 0.4) is 0 Å². The van der Waals surface area contributed by atoms with Gasteiger partial charge in [-0.15, -0.1) is 0 Å². The fourth-order valence-corrected chi connectivity index (χ4v) is 3.38. The van der Waals surface area contributed by atoms with E-state index in [4.69, 9.17) is 5.11 Å². The molecule has 2 heterocycles. The molecule has 0 aliphatic carbocycles. The van der Waals surface area contributed by atoms with Crippen molar-refractivity contribution in [2.45, 2.75) is 58.0 Å². The van der Waals surface area contributed by atoms with Gasteiger partial charge in [0, 0.05) is 31.6 Å². The van der Waals surface area contributed by atoms with Crippen LogP contribution in [0.1, 0.15) is 46.0 Å². The van der Waals surface area contributed by atoms with Crippen molar-refractivity contribution in [2.75, 3.05) is 13.1 Å². The van der Waals surface area contributed by atoms with Gasteiger partial charge in [0.2, 0.25) is 0 Å². The number of carbonyl (C=O) groups is 2.